The lowest BCUT2D eigenvalue weighted by atomic mass is 10.0. The lowest BCUT2D eigenvalue weighted by Gasteiger charge is -2.43. The maximum atomic E-state index is 12.5. The van der Waals surface area contributed by atoms with Gasteiger partial charge in [0, 0.05) is 38.3 Å². The van der Waals surface area contributed by atoms with Crippen LogP contribution in [0.25, 0.3) is 0 Å². The van der Waals surface area contributed by atoms with E-state index in [4.69, 9.17) is 5.73 Å². The summed E-state index contributed by atoms with van der Waals surface area (Å²) in [4.78, 5) is 4.09. The van der Waals surface area contributed by atoms with Gasteiger partial charge in [0.1, 0.15) is 0 Å². The van der Waals surface area contributed by atoms with Crippen molar-refractivity contribution in [1.82, 2.24) is 15.1 Å². The molecular formula is C11H18F3N5S. The minimum atomic E-state index is -4.42. The van der Waals surface area contributed by atoms with E-state index in [1.54, 1.807) is 0 Å². The Morgan fingerprint density at radius 1 is 1.15 bits per heavy atom. The van der Waals surface area contributed by atoms with E-state index < -0.39 is 11.2 Å². The van der Waals surface area contributed by atoms with Crippen LogP contribution < -0.4 is 10.6 Å². The van der Waals surface area contributed by atoms with Crippen LogP contribution in [0, 0.1) is 0 Å². The van der Waals surface area contributed by atoms with Gasteiger partial charge < -0.3 is 10.6 Å². The summed E-state index contributed by atoms with van der Waals surface area (Å²) in [6.45, 7) is 7.46. The second-order valence-corrected chi connectivity index (χ2v) is 6.33. The van der Waals surface area contributed by atoms with E-state index in [0.717, 1.165) is 13.1 Å². The molecule has 2 N–H and O–H groups in total. The Morgan fingerprint density at radius 3 is 2.20 bits per heavy atom. The van der Waals surface area contributed by atoms with Crippen LogP contribution in [0.2, 0.25) is 0 Å². The third-order valence-electron chi connectivity index (χ3n) is 3.56. The zero-order valence-electron chi connectivity index (χ0n) is 11.4. The molecular weight excluding hydrogens is 291 g/mol. The van der Waals surface area contributed by atoms with Crippen LogP contribution in [-0.4, -0.2) is 53.4 Å². The number of rotatable bonds is 3. The average Bonchev–Trinajstić information content (AvgIpc) is 2.88. The number of alkyl halides is 3. The van der Waals surface area contributed by atoms with Gasteiger partial charge in [-0.05, 0) is 13.8 Å². The van der Waals surface area contributed by atoms with Gasteiger partial charge in [-0.2, -0.15) is 13.2 Å². The Balaban J connectivity index is 1.99. The Morgan fingerprint density at radius 2 is 1.75 bits per heavy atom. The molecule has 0 bridgehead atoms. The number of hydrogen-bond acceptors (Lipinski definition) is 6. The second kappa shape index (κ2) is 5.45. The molecule has 114 valence electrons. The van der Waals surface area contributed by atoms with Crippen LogP contribution >= 0.6 is 11.3 Å². The first kappa shape index (κ1) is 15.5. The van der Waals surface area contributed by atoms with E-state index in [9.17, 15) is 13.2 Å². The van der Waals surface area contributed by atoms with Crippen LogP contribution in [-0.2, 0) is 6.18 Å². The summed E-state index contributed by atoms with van der Waals surface area (Å²) < 4.78 is 37.5. The van der Waals surface area contributed by atoms with E-state index in [0.29, 0.717) is 36.1 Å². The molecule has 1 aromatic rings. The predicted molar refractivity (Wildman–Crippen MR) is 71.8 cm³/mol. The minimum absolute atomic E-state index is 0.0929. The standard InChI is InChI=1S/C11H18F3N5S/c1-10(2,7-15)19-5-3-18(4-6-19)9-17-16-8(20-9)11(12,13)14/h3-7,15H2,1-2H3. The molecule has 0 amide bonds. The molecule has 0 atom stereocenters. The van der Waals surface area contributed by atoms with Crippen LogP contribution in [0.1, 0.15) is 18.9 Å². The smallest absolute Gasteiger partial charge is 0.344 e. The number of halogens is 3. The summed E-state index contributed by atoms with van der Waals surface area (Å²) in [5, 5.41) is 6.30. The summed E-state index contributed by atoms with van der Waals surface area (Å²) in [7, 11) is 0. The second-order valence-electron chi connectivity index (χ2n) is 5.38. The molecule has 5 nitrogen and oxygen atoms in total. The Bertz CT molecular complexity index is 451. The van der Waals surface area contributed by atoms with Crippen molar-refractivity contribution in [3.8, 4) is 0 Å². The lowest BCUT2D eigenvalue weighted by Crippen LogP contribution is -2.57. The minimum Gasteiger partial charge on any atom is -0.344 e. The van der Waals surface area contributed by atoms with E-state index in [1.807, 2.05) is 4.90 Å². The molecule has 1 aromatic heterocycles. The SMILES string of the molecule is CC(C)(CN)N1CCN(c2nnc(C(F)(F)F)s2)CC1. The Labute approximate surface area is 119 Å². The number of piperazine rings is 1. The van der Waals surface area contributed by atoms with Gasteiger partial charge in [0.05, 0.1) is 0 Å². The van der Waals surface area contributed by atoms with Gasteiger partial charge >= 0.3 is 6.18 Å². The Kier molecular flexibility index (Phi) is 4.22. The third-order valence-corrected chi connectivity index (χ3v) is 4.59. The molecule has 1 fully saturated rings. The summed E-state index contributed by atoms with van der Waals surface area (Å²) in [6.07, 6.45) is -4.42. The fraction of sp³-hybridized carbons (Fsp3) is 0.818. The van der Waals surface area contributed by atoms with Gasteiger partial charge in [-0.3, -0.25) is 4.90 Å². The molecule has 1 aliphatic heterocycles. The van der Waals surface area contributed by atoms with E-state index in [1.165, 1.54) is 0 Å². The van der Waals surface area contributed by atoms with Gasteiger partial charge in [-0.25, -0.2) is 0 Å². The number of nitrogens with zero attached hydrogens (tertiary/aromatic N) is 4. The fourth-order valence-electron chi connectivity index (χ4n) is 2.09. The van der Waals surface area contributed by atoms with Crippen molar-refractivity contribution in [2.75, 3.05) is 37.6 Å². The number of aromatic nitrogens is 2. The highest BCUT2D eigenvalue weighted by Gasteiger charge is 2.37. The molecule has 1 aliphatic rings. The zero-order chi connectivity index (χ0) is 15.0. The zero-order valence-corrected chi connectivity index (χ0v) is 12.3. The maximum Gasteiger partial charge on any atom is 0.445 e. The van der Waals surface area contributed by atoms with E-state index in [2.05, 4.69) is 28.9 Å². The quantitative estimate of drug-likeness (QED) is 0.915. The summed E-state index contributed by atoms with van der Waals surface area (Å²) >= 11 is 0.596. The highest BCUT2D eigenvalue weighted by molar-refractivity contribution is 7.15. The summed E-state index contributed by atoms with van der Waals surface area (Å²) in [5.74, 6) is 0. The molecule has 2 heterocycles. The molecule has 0 unspecified atom stereocenters. The molecule has 0 aliphatic carbocycles. The summed E-state index contributed by atoms with van der Waals surface area (Å²) in [5.41, 5.74) is 5.64. The molecule has 2 rings (SSSR count). The van der Waals surface area contributed by atoms with Crippen molar-refractivity contribution in [3.05, 3.63) is 5.01 Å². The van der Waals surface area contributed by atoms with Crippen LogP contribution in [0.3, 0.4) is 0 Å². The van der Waals surface area contributed by atoms with Crippen molar-refractivity contribution < 1.29 is 13.2 Å². The highest BCUT2D eigenvalue weighted by atomic mass is 32.1. The van der Waals surface area contributed by atoms with Gasteiger partial charge in [0.25, 0.3) is 0 Å². The van der Waals surface area contributed by atoms with Crippen molar-refractivity contribution in [2.24, 2.45) is 5.73 Å². The van der Waals surface area contributed by atoms with Crippen molar-refractivity contribution in [1.29, 1.82) is 0 Å². The first-order valence-corrected chi connectivity index (χ1v) is 7.16. The Hall–Kier alpha value is -0.930. The van der Waals surface area contributed by atoms with Gasteiger partial charge in [-0.15, -0.1) is 10.2 Å². The molecule has 9 heteroatoms. The molecule has 1 saturated heterocycles. The van der Waals surface area contributed by atoms with Crippen LogP contribution in [0.5, 0.6) is 0 Å². The first-order valence-electron chi connectivity index (χ1n) is 6.35. The molecule has 0 spiro atoms. The summed E-state index contributed by atoms with van der Waals surface area (Å²) in [6, 6.07) is 0. The predicted octanol–water partition coefficient (Wildman–Crippen LogP) is 1.42. The van der Waals surface area contributed by atoms with Crippen LogP contribution in [0.4, 0.5) is 18.3 Å². The normalized spacial score (nSPS) is 18.6. The molecule has 0 radical (unpaired) electrons. The third kappa shape index (κ3) is 3.21. The lowest BCUT2D eigenvalue weighted by molar-refractivity contribution is -0.138. The topological polar surface area (TPSA) is 58.3 Å². The average molecular weight is 309 g/mol. The highest BCUT2D eigenvalue weighted by Crippen LogP contribution is 2.34. The monoisotopic (exact) mass is 309 g/mol. The fourth-order valence-corrected chi connectivity index (χ4v) is 2.85. The van der Waals surface area contributed by atoms with Gasteiger partial charge in [0.2, 0.25) is 10.1 Å². The molecule has 20 heavy (non-hydrogen) atoms. The molecule has 0 saturated carbocycles. The van der Waals surface area contributed by atoms with E-state index >= 15 is 0 Å². The number of anilines is 1. The van der Waals surface area contributed by atoms with Crippen molar-refractivity contribution >= 4 is 16.5 Å². The number of hydrogen-bond donors (Lipinski definition) is 1. The van der Waals surface area contributed by atoms with Gasteiger partial charge in [-0.1, -0.05) is 11.3 Å². The number of nitrogens with two attached hydrogens (primary N) is 1. The maximum absolute atomic E-state index is 12.5. The molecule has 0 aromatic carbocycles. The first-order chi connectivity index (χ1) is 9.24. The van der Waals surface area contributed by atoms with Gasteiger partial charge in [0.15, 0.2) is 0 Å². The van der Waals surface area contributed by atoms with Crippen molar-refractivity contribution in [3.63, 3.8) is 0 Å². The van der Waals surface area contributed by atoms with E-state index in [-0.39, 0.29) is 5.54 Å². The van der Waals surface area contributed by atoms with Crippen molar-refractivity contribution in [2.45, 2.75) is 25.6 Å². The van der Waals surface area contributed by atoms with Crippen LogP contribution in [0.15, 0.2) is 0 Å². The largest absolute Gasteiger partial charge is 0.445 e.